The lowest BCUT2D eigenvalue weighted by Crippen LogP contribution is -2.58. The maximum absolute atomic E-state index is 9.38. The number of aliphatic hydroxyl groups is 4. The molecule has 1 rings (SSSR count). The van der Waals surface area contributed by atoms with E-state index < -0.39 is 37.3 Å². The van der Waals surface area contributed by atoms with Crippen molar-refractivity contribution < 1.29 is 28.2 Å². The first kappa shape index (κ1) is 11.6. The SMILES string of the molecule is OC[C@H]1O[C@@H](O)[C@H](OI)[C@@H](O)[C@@H]1O. The monoisotopic (exact) mass is 306 g/mol. The molecule has 0 aromatic heterocycles. The van der Waals surface area contributed by atoms with Crippen molar-refractivity contribution >= 4 is 23.0 Å². The minimum absolute atomic E-state index is 0.469. The van der Waals surface area contributed by atoms with Crippen molar-refractivity contribution in [1.82, 2.24) is 0 Å². The van der Waals surface area contributed by atoms with Gasteiger partial charge in [0.1, 0.15) is 47.4 Å². The zero-order valence-electron chi connectivity index (χ0n) is 6.58. The van der Waals surface area contributed by atoms with Crippen LogP contribution in [-0.4, -0.2) is 57.7 Å². The second-order valence-corrected chi connectivity index (χ2v) is 3.29. The molecule has 1 fully saturated rings. The minimum atomic E-state index is -1.34. The normalized spacial score (nSPS) is 46.4. The summed E-state index contributed by atoms with van der Waals surface area (Å²) in [5, 5.41) is 36.6. The standard InChI is InChI=1S/C6H11IO6/c7-13-5-4(10)3(9)2(1-8)12-6(5)11/h2-6,8-11H,1H2/t2-,3-,4+,5-,6-/m1/s1. The van der Waals surface area contributed by atoms with Crippen LogP contribution < -0.4 is 0 Å². The molecule has 0 radical (unpaired) electrons. The number of halogens is 1. The quantitative estimate of drug-likeness (QED) is 0.447. The molecule has 0 unspecified atom stereocenters. The Morgan fingerprint density at radius 2 is 1.85 bits per heavy atom. The van der Waals surface area contributed by atoms with Gasteiger partial charge in [-0.25, -0.2) is 0 Å². The molecule has 0 spiro atoms. The molecule has 1 heterocycles. The van der Waals surface area contributed by atoms with Crippen LogP contribution in [0.4, 0.5) is 0 Å². The van der Waals surface area contributed by atoms with Crippen LogP contribution in [0.2, 0.25) is 0 Å². The summed E-state index contributed by atoms with van der Waals surface area (Å²) in [5.74, 6) is 0. The number of hydrogen-bond donors (Lipinski definition) is 4. The van der Waals surface area contributed by atoms with E-state index in [9.17, 15) is 15.3 Å². The highest BCUT2D eigenvalue weighted by Crippen LogP contribution is 2.23. The van der Waals surface area contributed by atoms with Crippen LogP contribution in [0.5, 0.6) is 0 Å². The highest BCUT2D eigenvalue weighted by atomic mass is 127. The molecular formula is C6H11IO6. The maximum atomic E-state index is 9.38. The summed E-state index contributed by atoms with van der Waals surface area (Å²) in [6.45, 7) is -0.469. The molecule has 0 saturated carbocycles. The van der Waals surface area contributed by atoms with E-state index in [1.165, 1.54) is 23.0 Å². The average Bonchev–Trinajstić information content (AvgIpc) is 2.12. The van der Waals surface area contributed by atoms with Gasteiger partial charge in [0.2, 0.25) is 0 Å². The molecule has 5 atom stereocenters. The Bertz CT molecular complexity index is 167. The van der Waals surface area contributed by atoms with E-state index in [1.807, 2.05) is 0 Å². The summed E-state index contributed by atoms with van der Waals surface area (Å²) in [6, 6.07) is 0. The van der Waals surface area contributed by atoms with Crippen molar-refractivity contribution in [1.29, 1.82) is 0 Å². The zero-order chi connectivity index (χ0) is 10.0. The van der Waals surface area contributed by atoms with Crippen molar-refractivity contribution in [2.24, 2.45) is 0 Å². The summed E-state index contributed by atoms with van der Waals surface area (Å²) in [4.78, 5) is 0. The molecular weight excluding hydrogens is 295 g/mol. The zero-order valence-corrected chi connectivity index (χ0v) is 8.73. The fourth-order valence-electron chi connectivity index (χ4n) is 1.17. The molecule has 1 saturated heterocycles. The van der Waals surface area contributed by atoms with Gasteiger partial charge in [-0.05, 0) is 0 Å². The molecule has 7 heteroatoms. The van der Waals surface area contributed by atoms with E-state index >= 15 is 0 Å². The van der Waals surface area contributed by atoms with E-state index in [0.29, 0.717) is 0 Å². The van der Waals surface area contributed by atoms with Gasteiger partial charge in [0.05, 0.1) is 6.61 Å². The number of ether oxygens (including phenoxy) is 1. The first-order chi connectivity index (χ1) is 6.11. The van der Waals surface area contributed by atoms with Crippen LogP contribution in [0.1, 0.15) is 0 Å². The number of hydrogen-bond acceptors (Lipinski definition) is 6. The van der Waals surface area contributed by atoms with Crippen molar-refractivity contribution in [2.75, 3.05) is 6.61 Å². The van der Waals surface area contributed by atoms with Gasteiger partial charge in [-0.2, -0.15) is 0 Å². The Balaban J connectivity index is 2.66. The number of aliphatic hydroxyl groups excluding tert-OH is 4. The molecule has 6 nitrogen and oxygen atoms in total. The van der Waals surface area contributed by atoms with E-state index in [1.54, 1.807) is 0 Å². The highest BCUT2D eigenvalue weighted by Gasteiger charge is 2.44. The molecule has 13 heavy (non-hydrogen) atoms. The molecule has 0 aliphatic carbocycles. The third-order valence-electron chi connectivity index (χ3n) is 1.95. The molecule has 1 aliphatic heterocycles. The predicted molar refractivity (Wildman–Crippen MR) is 48.9 cm³/mol. The lowest BCUT2D eigenvalue weighted by molar-refractivity contribution is -0.275. The molecule has 0 bridgehead atoms. The van der Waals surface area contributed by atoms with Crippen molar-refractivity contribution in [3.63, 3.8) is 0 Å². The topological polar surface area (TPSA) is 99.4 Å². The largest absolute Gasteiger partial charge is 0.394 e. The summed E-state index contributed by atoms with van der Waals surface area (Å²) < 4.78 is 9.47. The van der Waals surface area contributed by atoms with E-state index in [-0.39, 0.29) is 0 Å². The van der Waals surface area contributed by atoms with Crippen LogP contribution in [0.15, 0.2) is 0 Å². The molecule has 1 aliphatic rings. The summed E-state index contributed by atoms with van der Waals surface area (Å²) in [5.41, 5.74) is 0. The maximum Gasteiger partial charge on any atom is 0.185 e. The molecule has 0 aromatic rings. The lowest BCUT2D eigenvalue weighted by atomic mass is 10.00. The van der Waals surface area contributed by atoms with Gasteiger partial charge < -0.3 is 28.2 Å². The first-order valence-electron chi connectivity index (χ1n) is 3.69. The molecule has 0 amide bonds. The molecule has 78 valence electrons. The Hall–Kier alpha value is 0.490. The van der Waals surface area contributed by atoms with Gasteiger partial charge in [0.25, 0.3) is 0 Å². The van der Waals surface area contributed by atoms with Gasteiger partial charge in [-0.3, -0.25) is 0 Å². The second kappa shape index (κ2) is 4.82. The minimum Gasteiger partial charge on any atom is -0.394 e. The fraction of sp³-hybridized carbons (Fsp3) is 1.00. The predicted octanol–water partition coefficient (Wildman–Crippen LogP) is -1.85. The van der Waals surface area contributed by atoms with Crippen molar-refractivity contribution in [2.45, 2.75) is 30.7 Å². The molecule has 0 aromatic carbocycles. The van der Waals surface area contributed by atoms with Crippen LogP contribution in [0, 0.1) is 0 Å². The van der Waals surface area contributed by atoms with Gasteiger partial charge >= 0.3 is 0 Å². The number of rotatable bonds is 2. The fourth-order valence-corrected chi connectivity index (χ4v) is 1.72. The molecule has 4 N–H and O–H groups in total. The van der Waals surface area contributed by atoms with Crippen molar-refractivity contribution in [3.8, 4) is 0 Å². The smallest absolute Gasteiger partial charge is 0.185 e. The third-order valence-corrected chi connectivity index (χ3v) is 2.53. The Morgan fingerprint density at radius 1 is 1.23 bits per heavy atom. The first-order valence-corrected chi connectivity index (χ1v) is 4.57. The van der Waals surface area contributed by atoms with Gasteiger partial charge in [-0.15, -0.1) is 0 Å². The van der Waals surface area contributed by atoms with Crippen LogP contribution in [0.3, 0.4) is 0 Å². The second-order valence-electron chi connectivity index (χ2n) is 2.78. The van der Waals surface area contributed by atoms with Gasteiger partial charge in [0.15, 0.2) is 6.29 Å². The summed E-state index contributed by atoms with van der Waals surface area (Å²) in [7, 11) is 0. The highest BCUT2D eigenvalue weighted by molar-refractivity contribution is 14.1. The van der Waals surface area contributed by atoms with Gasteiger partial charge in [-0.1, -0.05) is 0 Å². The Morgan fingerprint density at radius 3 is 2.31 bits per heavy atom. The van der Waals surface area contributed by atoms with E-state index in [0.717, 1.165) is 0 Å². The lowest BCUT2D eigenvalue weighted by Gasteiger charge is -2.38. The van der Waals surface area contributed by atoms with Crippen LogP contribution >= 0.6 is 23.0 Å². The Kier molecular flexibility index (Phi) is 4.29. The summed E-state index contributed by atoms with van der Waals surface area (Å²) >= 11 is 1.49. The summed E-state index contributed by atoms with van der Waals surface area (Å²) in [6.07, 6.45) is -5.84. The average molecular weight is 306 g/mol. The van der Waals surface area contributed by atoms with Gasteiger partial charge in [0, 0.05) is 0 Å². The van der Waals surface area contributed by atoms with Crippen molar-refractivity contribution in [3.05, 3.63) is 0 Å². The van der Waals surface area contributed by atoms with E-state index in [2.05, 4.69) is 3.07 Å². The third kappa shape index (κ3) is 2.29. The van der Waals surface area contributed by atoms with Crippen LogP contribution in [-0.2, 0) is 7.80 Å². The Labute approximate surface area is 88.8 Å². The van der Waals surface area contributed by atoms with Crippen LogP contribution in [0.25, 0.3) is 0 Å². The van der Waals surface area contributed by atoms with E-state index in [4.69, 9.17) is 9.84 Å².